The average Bonchev–Trinajstić information content (AvgIpc) is 2.99. The van der Waals surface area contributed by atoms with Crippen LogP contribution in [0.3, 0.4) is 0 Å². The minimum atomic E-state index is -0.543. The van der Waals surface area contributed by atoms with E-state index in [1.165, 1.54) is 6.08 Å². The van der Waals surface area contributed by atoms with E-state index >= 15 is 0 Å². The van der Waals surface area contributed by atoms with Gasteiger partial charge in [-0.15, -0.1) is 0 Å². The summed E-state index contributed by atoms with van der Waals surface area (Å²) in [5.74, 6) is -1.03. The maximum atomic E-state index is 12.0. The number of benzene rings is 2. The predicted octanol–water partition coefficient (Wildman–Crippen LogP) is 2.13. The Kier molecular flexibility index (Phi) is 4.47. The Morgan fingerprint density at radius 3 is 2.60 bits per heavy atom. The van der Waals surface area contributed by atoms with Crippen LogP contribution in [0.2, 0.25) is 0 Å². The van der Waals surface area contributed by atoms with Gasteiger partial charge in [-0.3, -0.25) is 14.6 Å². The molecule has 0 bridgehead atoms. The molecule has 3 aromatic rings. The van der Waals surface area contributed by atoms with Crippen LogP contribution in [0.25, 0.3) is 17.2 Å². The third kappa shape index (κ3) is 3.84. The fraction of sp³-hybridized carbons (Fsp3) is 0.0556. The first-order valence-electron chi connectivity index (χ1n) is 7.49. The third-order valence-electron chi connectivity index (χ3n) is 3.51. The molecule has 0 saturated heterocycles. The van der Waals surface area contributed by atoms with Crippen molar-refractivity contribution < 1.29 is 14.0 Å². The minimum absolute atomic E-state index is 0.166. The highest BCUT2D eigenvalue weighted by atomic mass is 16.4. The van der Waals surface area contributed by atoms with Gasteiger partial charge in [0.05, 0.1) is 5.52 Å². The van der Waals surface area contributed by atoms with E-state index in [4.69, 9.17) is 4.42 Å². The zero-order valence-corrected chi connectivity index (χ0v) is 13.3. The maximum absolute atomic E-state index is 12.0. The van der Waals surface area contributed by atoms with Gasteiger partial charge in [0.15, 0.2) is 5.58 Å². The molecule has 7 heteroatoms. The summed E-state index contributed by atoms with van der Waals surface area (Å²) >= 11 is 0. The summed E-state index contributed by atoms with van der Waals surface area (Å²) in [4.78, 5) is 37.1. The first-order valence-corrected chi connectivity index (χ1v) is 7.49. The summed E-state index contributed by atoms with van der Waals surface area (Å²) in [5, 5.41) is 5.24. The second-order valence-corrected chi connectivity index (χ2v) is 5.25. The molecule has 1 heterocycles. The van der Waals surface area contributed by atoms with E-state index in [2.05, 4.69) is 15.6 Å². The van der Waals surface area contributed by atoms with Crippen LogP contribution in [-0.4, -0.2) is 23.8 Å². The number of aromatic nitrogens is 1. The fourth-order valence-corrected chi connectivity index (χ4v) is 2.28. The van der Waals surface area contributed by atoms with Crippen molar-refractivity contribution in [3.05, 3.63) is 70.2 Å². The molecule has 0 radical (unpaired) electrons. The second kappa shape index (κ2) is 6.88. The van der Waals surface area contributed by atoms with Gasteiger partial charge in [0.2, 0.25) is 5.91 Å². The standard InChI is InChI=1S/C18H15N3O4/c1-19-17(23)12-5-2-11(3-6-12)4-9-16(22)20-13-7-8-15-14(10-13)21-18(24)25-15/h2-10H,1H3,(H,19,23)(H,20,22)(H,21,24)/b9-4+. The molecule has 2 amide bonds. The maximum Gasteiger partial charge on any atom is 0.417 e. The van der Waals surface area contributed by atoms with Crippen LogP contribution in [0, 0.1) is 0 Å². The normalized spacial score (nSPS) is 10.9. The number of aromatic amines is 1. The van der Waals surface area contributed by atoms with Crippen LogP contribution >= 0.6 is 0 Å². The lowest BCUT2D eigenvalue weighted by Gasteiger charge is -2.02. The van der Waals surface area contributed by atoms with Crippen molar-refractivity contribution in [2.24, 2.45) is 0 Å². The van der Waals surface area contributed by atoms with Gasteiger partial charge in [-0.25, -0.2) is 4.79 Å². The molecule has 0 saturated carbocycles. The molecule has 0 unspecified atom stereocenters. The molecule has 2 aromatic carbocycles. The van der Waals surface area contributed by atoms with Crippen molar-refractivity contribution in [1.82, 2.24) is 10.3 Å². The van der Waals surface area contributed by atoms with E-state index in [1.807, 2.05) is 0 Å². The lowest BCUT2D eigenvalue weighted by atomic mass is 10.1. The number of carbonyl (C=O) groups is 2. The highest BCUT2D eigenvalue weighted by Gasteiger charge is 2.04. The van der Waals surface area contributed by atoms with Crippen molar-refractivity contribution in [2.45, 2.75) is 0 Å². The van der Waals surface area contributed by atoms with E-state index in [1.54, 1.807) is 55.6 Å². The quantitative estimate of drug-likeness (QED) is 0.634. The molecular weight excluding hydrogens is 322 g/mol. The number of amides is 2. The van der Waals surface area contributed by atoms with Gasteiger partial charge in [0.1, 0.15) is 0 Å². The molecule has 0 aliphatic heterocycles. The van der Waals surface area contributed by atoms with Crippen LogP contribution in [-0.2, 0) is 4.79 Å². The van der Waals surface area contributed by atoms with Gasteiger partial charge in [0, 0.05) is 24.4 Å². The summed E-state index contributed by atoms with van der Waals surface area (Å²) in [6, 6.07) is 11.7. The molecule has 0 aliphatic rings. The van der Waals surface area contributed by atoms with E-state index in [-0.39, 0.29) is 11.8 Å². The number of hydrogen-bond donors (Lipinski definition) is 3. The van der Waals surface area contributed by atoms with Gasteiger partial charge in [0.25, 0.3) is 5.91 Å². The number of anilines is 1. The van der Waals surface area contributed by atoms with Crippen molar-refractivity contribution in [3.63, 3.8) is 0 Å². The Balaban J connectivity index is 1.67. The fourth-order valence-electron chi connectivity index (χ4n) is 2.28. The van der Waals surface area contributed by atoms with Crippen molar-refractivity contribution >= 4 is 34.7 Å². The Morgan fingerprint density at radius 2 is 1.88 bits per heavy atom. The average molecular weight is 337 g/mol. The summed E-state index contributed by atoms with van der Waals surface area (Å²) in [7, 11) is 1.57. The molecule has 1 aromatic heterocycles. The summed E-state index contributed by atoms with van der Waals surface area (Å²) in [6.07, 6.45) is 3.03. The zero-order valence-electron chi connectivity index (χ0n) is 13.3. The Bertz CT molecular complexity index is 1010. The summed E-state index contributed by atoms with van der Waals surface area (Å²) in [5.41, 5.74) is 2.81. The number of rotatable bonds is 4. The third-order valence-corrected chi connectivity index (χ3v) is 3.51. The van der Waals surface area contributed by atoms with E-state index in [0.29, 0.717) is 22.4 Å². The van der Waals surface area contributed by atoms with E-state index in [0.717, 1.165) is 5.56 Å². The topological polar surface area (TPSA) is 104 Å². The van der Waals surface area contributed by atoms with Gasteiger partial charge in [-0.05, 0) is 42.0 Å². The van der Waals surface area contributed by atoms with E-state index < -0.39 is 5.76 Å². The van der Waals surface area contributed by atoms with Gasteiger partial charge in [-0.1, -0.05) is 12.1 Å². The number of H-pyrrole nitrogens is 1. The number of oxazole rings is 1. The largest absolute Gasteiger partial charge is 0.417 e. The summed E-state index contributed by atoms with van der Waals surface area (Å²) < 4.78 is 4.90. The molecule has 0 spiro atoms. The molecule has 0 atom stereocenters. The highest BCUT2D eigenvalue weighted by Crippen LogP contribution is 2.16. The number of nitrogens with one attached hydrogen (secondary N) is 3. The molecule has 0 aliphatic carbocycles. The van der Waals surface area contributed by atoms with Crippen molar-refractivity contribution in [2.75, 3.05) is 12.4 Å². The zero-order chi connectivity index (χ0) is 17.8. The van der Waals surface area contributed by atoms with Gasteiger partial charge in [-0.2, -0.15) is 0 Å². The monoisotopic (exact) mass is 337 g/mol. The molecule has 25 heavy (non-hydrogen) atoms. The lowest BCUT2D eigenvalue weighted by Crippen LogP contribution is -2.17. The van der Waals surface area contributed by atoms with E-state index in [9.17, 15) is 14.4 Å². The van der Waals surface area contributed by atoms with Crippen LogP contribution in [0.1, 0.15) is 15.9 Å². The number of fused-ring (bicyclic) bond motifs is 1. The molecule has 0 fully saturated rings. The van der Waals surface area contributed by atoms with Crippen molar-refractivity contribution in [3.8, 4) is 0 Å². The second-order valence-electron chi connectivity index (χ2n) is 5.25. The minimum Gasteiger partial charge on any atom is -0.408 e. The first kappa shape index (κ1) is 16.3. The predicted molar refractivity (Wildman–Crippen MR) is 94.3 cm³/mol. The smallest absolute Gasteiger partial charge is 0.408 e. The Labute approximate surface area is 142 Å². The van der Waals surface area contributed by atoms with Crippen LogP contribution in [0.15, 0.2) is 57.8 Å². The van der Waals surface area contributed by atoms with Crippen LogP contribution in [0.4, 0.5) is 5.69 Å². The number of carbonyl (C=O) groups excluding carboxylic acids is 2. The lowest BCUT2D eigenvalue weighted by molar-refractivity contribution is -0.111. The number of hydrogen-bond acceptors (Lipinski definition) is 4. The molecular formula is C18H15N3O4. The molecule has 3 N–H and O–H groups in total. The highest BCUT2D eigenvalue weighted by molar-refractivity contribution is 6.02. The van der Waals surface area contributed by atoms with Crippen LogP contribution in [0.5, 0.6) is 0 Å². The summed E-state index contributed by atoms with van der Waals surface area (Å²) in [6.45, 7) is 0. The molecule has 7 nitrogen and oxygen atoms in total. The Hall–Kier alpha value is -3.61. The Morgan fingerprint density at radius 1 is 1.12 bits per heavy atom. The van der Waals surface area contributed by atoms with Gasteiger partial charge < -0.3 is 15.1 Å². The first-order chi connectivity index (χ1) is 12.0. The molecule has 3 rings (SSSR count). The van der Waals surface area contributed by atoms with Crippen LogP contribution < -0.4 is 16.4 Å². The van der Waals surface area contributed by atoms with Gasteiger partial charge >= 0.3 is 5.76 Å². The SMILES string of the molecule is CNC(=O)c1ccc(/C=C/C(=O)Nc2ccc3oc(=O)[nH]c3c2)cc1. The molecule has 126 valence electrons. The van der Waals surface area contributed by atoms with Crippen molar-refractivity contribution in [1.29, 1.82) is 0 Å².